The Balaban J connectivity index is 2.31. The van der Waals surface area contributed by atoms with Crippen molar-refractivity contribution in [2.24, 2.45) is 0 Å². The molecule has 1 aromatic rings. The van der Waals surface area contributed by atoms with Crippen molar-refractivity contribution in [3.63, 3.8) is 0 Å². The highest BCUT2D eigenvalue weighted by Gasteiger charge is 2.38. The minimum atomic E-state index is -0.522. The van der Waals surface area contributed by atoms with Crippen LogP contribution in [0.4, 0.5) is 5.69 Å². The van der Waals surface area contributed by atoms with Crippen LogP contribution in [0.1, 0.15) is 19.8 Å². The van der Waals surface area contributed by atoms with Gasteiger partial charge in [-0.25, -0.2) is 4.79 Å². The van der Waals surface area contributed by atoms with Crippen LogP contribution in [0.25, 0.3) is 0 Å². The second-order valence-electron chi connectivity index (χ2n) is 4.06. The molecule has 4 nitrogen and oxygen atoms in total. The highest BCUT2D eigenvalue weighted by molar-refractivity contribution is 7.80. The van der Waals surface area contributed by atoms with Crippen LogP contribution in [-0.4, -0.2) is 24.5 Å². The monoisotopic (exact) mass is 265 g/mol. The molecule has 1 aliphatic heterocycles. The van der Waals surface area contributed by atoms with Crippen molar-refractivity contribution < 1.29 is 14.3 Å². The number of carbonyl (C=O) groups excluding carboxylic acids is 2. The van der Waals surface area contributed by atoms with Gasteiger partial charge in [0.1, 0.15) is 6.04 Å². The van der Waals surface area contributed by atoms with Crippen LogP contribution in [-0.2, 0) is 14.3 Å². The fourth-order valence-electron chi connectivity index (χ4n) is 2.12. The molecule has 1 unspecified atom stereocenters. The van der Waals surface area contributed by atoms with Gasteiger partial charge in [-0.05, 0) is 25.5 Å². The van der Waals surface area contributed by atoms with Crippen LogP contribution in [0.5, 0.6) is 0 Å². The highest BCUT2D eigenvalue weighted by Crippen LogP contribution is 2.31. The lowest BCUT2D eigenvalue weighted by molar-refractivity contribution is -0.144. The number of nitrogens with zero attached hydrogens (tertiary/aromatic N) is 1. The lowest BCUT2D eigenvalue weighted by Gasteiger charge is -2.24. The molecule has 1 fully saturated rings. The normalized spacial score (nSPS) is 19.1. The maximum absolute atomic E-state index is 11.9. The van der Waals surface area contributed by atoms with Crippen molar-refractivity contribution in [3.05, 3.63) is 24.3 Å². The first-order chi connectivity index (χ1) is 8.65. The zero-order chi connectivity index (χ0) is 13.1. The van der Waals surface area contributed by atoms with Crippen LogP contribution in [0.2, 0.25) is 0 Å². The Morgan fingerprint density at radius 3 is 2.89 bits per heavy atom. The predicted octanol–water partition coefficient (Wildman–Crippen LogP) is 2.03. The van der Waals surface area contributed by atoms with Crippen molar-refractivity contribution in [1.82, 2.24) is 0 Å². The van der Waals surface area contributed by atoms with E-state index in [1.165, 1.54) is 4.90 Å². The van der Waals surface area contributed by atoms with Gasteiger partial charge in [-0.1, -0.05) is 12.1 Å². The van der Waals surface area contributed by atoms with Crippen LogP contribution < -0.4 is 4.90 Å². The van der Waals surface area contributed by atoms with Gasteiger partial charge in [0.2, 0.25) is 5.91 Å². The average molecular weight is 265 g/mol. The van der Waals surface area contributed by atoms with Crippen molar-refractivity contribution in [1.29, 1.82) is 0 Å². The van der Waals surface area contributed by atoms with Crippen molar-refractivity contribution in [2.75, 3.05) is 11.5 Å². The summed E-state index contributed by atoms with van der Waals surface area (Å²) in [7, 11) is 0. The van der Waals surface area contributed by atoms with Gasteiger partial charge >= 0.3 is 5.97 Å². The summed E-state index contributed by atoms with van der Waals surface area (Å²) in [5.74, 6) is -0.408. The number of esters is 1. The van der Waals surface area contributed by atoms with Gasteiger partial charge < -0.3 is 4.74 Å². The number of hydrogen-bond acceptors (Lipinski definition) is 4. The Bertz CT molecular complexity index is 475. The van der Waals surface area contributed by atoms with E-state index in [1.807, 2.05) is 12.1 Å². The lowest BCUT2D eigenvalue weighted by atomic mass is 10.2. The summed E-state index contributed by atoms with van der Waals surface area (Å²) >= 11 is 4.33. The second-order valence-corrected chi connectivity index (χ2v) is 4.54. The maximum atomic E-state index is 11.9. The summed E-state index contributed by atoms with van der Waals surface area (Å²) in [5.41, 5.74) is 0.668. The Hall–Kier alpha value is -1.49. The molecule has 0 aromatic heterocycles. The van der Waals surface area contributed by atoms with Crippen molar-refractivity contribution in [2.45, 2.75) is 30.7 Å². The van der Waals surface area contributed by atoms with E-state index in [-0.39, 0.29) is 11.9 Å². The molecule has 0 N–H and O–H groups in total. The van der Waals surface area contributed by atoms with Gasteiger partial charge in [-0.3, -0.25) is 9.69 Å². The molecule has 1 heterocycles. The van der Waals surface area contributed by atoms with E-state index in [4.69, 9.17) is 4.74 Å². The van der Waals surface area contributed by atoms with Crippen molar-refractivity contribution in [3.8, 4) is 0 Å². The molecule has 1 atom stereocenters. The molecule has 1 aromatic carbocycles. The standard InChI is InChI=1S/C13H15NO3S/c1-2-17-13(16)10-7-8-12(15)14(10)9-5-3-4-6-11(9)18/h3-6,10,18H,2,7-8H2,1H3. The Kier molecular flexibility index (Phi) is 3.91. The third-order valence-electron chi connectivity index (χ3n) is 2.91. The summed E-state index contributed by atoms with van der Waals surface area (Å²) < 4.78 is 5.01. The number of anilines is 1. The van der Waals surface area contributed by atoms with E-state index < -0.39 is 6.04 Å². The summed E-state index contributed by atoms with van der Waals surface area (Å²) in [4.78, 5) is 26.0. The first-order valence-electron chi connectivity index (χ1n) is 5.92. The van der Waals surface area contributed by atoms with Crippen LogP contribution in [0.3, 0.4) is 0 Å². The average Bonchev–Trinajstić information content (AvgIpc) is 2.72. The predicted molar refractivity (Wildman–Crippen MR) is 70.8 cm³/mol. The lowest BCUT2D eigenvalue weighted by Crippen LogP contribution is -2.40. The van der Waals surface area contributed by atoms with E-state index >= 15 is 0 Å². The molecule has 5 heteroatoms. The molecular weight excluding hydrogens is 250 g/mol. The number of carbonyl (C=O) groups is 2. The molecule has 1 amide bonds. The summed E-state index contributed by atoms with van der Waals surface area (Å²) in [6.07, 6.45) is 0.866. The number of hydrogen-bond donors (Lipinski definition) is 1. The number of thiol groups is 1. The minimum absolute atomic E-state index is 0.0606. The van der Waals surface area contributed by atoms with Crippen LogP contribution >= 0.6 is 12.6 Å². The quantitative estimate of drug-likeness (QED) is 0.672. The van der Waals surface area contributed by atoms with Gasteiger partial charge in [0.15, 0.2) is 0 Å². The van der Waals surface area contributed by atoms with Gasteiger partial charge in [-0.2, -0.15) is 0 Å². The van der Waals surface area contributed by atoms with Gasteiger partial charge in [0, 0.05) is 11.3 Å². The topological polar surface area (TPSA) is 46.6 Å². The maximum Gasteiger partial charge on any atom is 0.329 e. The largest absolute Gasteiger partial charge is 0.464 e. The molecular formula is C13H15NO3S. The third kappa shape index (κ3) is 2.36. The number of benzene rings is 1. The molecule has 18 heavy (non-hydrogen) atoms. The molecule has 0 spiro atoms. The van der Waals surface area contributed by atoms with E-state index in [0.717, 1.165) is 0 Å². The third-order valence-corrected chi connectivity index (χ3v) is 3.29. The Morgan fingerprint density at radius 2 is 2.22 bits per heavy atom. The molecule has 2 rings (SSSR count). The van der Waals surface area contributed by atoms with Crippen LogP contribution in [0.15, 0.2) is 29.2 Å². The van der Waals surface area contributed by atoms with E-state index in [1.54, 1.807) is 19.1 Å². The van der Waals surface area contributed by atoms with Gasteiger partial charge in [0.25, 0.3) is 0 Å². The number of rotatable bonds is 3. The molecule has 1 aliphatic rings. The fourth-order valence-corrected chi connectivity index (χ4v) is 2.38. The summed E-state index contributed by atoms with van der Waals surface area (Å²) in [6.45, 7) is 2.07. The van der Waals surface area contributed by atoms with E-state index in [9.17, 15) is 9.59 Å². The summed E-state index contributed by atoms with van der Waals surface area (Å²) in [6, 6.07) is 6.73. The summed E-state index contributed by atoms with van der Waals surface area (Å²) in [5, 5.41) is 0. The minimum Gasteiger partial charge on any atom is -0.464 e. The molecule has 96 valence electrons. The molecule has 0 radical (unpaired) electrons. The number of para-hydroxylation sites is 1. The Labute approximate surface area is 111 Å². The smallest absolute Gasteiger partial charge is 0.329 e. The zero-order valence-corrected chi connectivity index (χ0v) is 11.0. The first-order valence-corrected chi connectivity index (χ1v) is 6.36. The van der Waals surface area contributed by atoms with Gasteiger partial charge in [0.05, 0.1) is 12.3 Å². The molecule has 0 bridgehead atoms. The zero-order valence-electron chi connectivity index (χ0n) is 10.1. The molecule has 0 aliphatic carbocycles. The van der Waals surface area contributed by atoms with E-state index in [0.29, 0.717) is 30.0 Å². The van der Waals surface area contributed by atoms with Gasteiger partial charge in [-0.15, -0.1) is 12.6 Å². The first kappa shape index (κ1) is 13.0. The van der Waals surface area contributed by atoms with Crippen LogP contribution in [0, 0.1) is 0 Å². The number of ether oxygens (including phenoxy) is 1. The highest BCUT2D eigenvalue weighted by atomic mass is 32.1. The molecule has 0 saturated carbocycles. The SMILES string of the molecule is CCOC(=O)C1CCC(=O)N1c1ccccc1S. The number of amides is 1. The van der Waals surface area contributed by atoms with Crippen molar-refractivity contribution >= 4 is 30.2 Å². The second kappa shape index (κ2) is 5.44. The fraction of sp³-hybridized carbons (Fsp3) is 0.385. The molecule has 1 saturated heterocycles. The van der Waals surface area contributed by atoms with E-state index in [2.05, 4.69) is 12.6 Å². The Morgan fingerprint density at radius 1 is 1.50 bits per heavy atom.